The summed E-state index contributed by atoms with van der Waals surface area (Å²) in [6.07, 6.45) is 0. The van der Waals surface area contributed by atoms with Crippen LogP contribution in [0.1, 0.15) is 10.4 Å². The van der Waals surface area contributed by atoms with Gasteiger partial charge in [0, 0.05) is 46.6 Å². The Balaban J connectivity index is 2.10. The maximum Gasteiger partial charge on any atom is 0.253 e. The molecule has 1 aliphatic rings. The Morgan fingerprint density at radius 1 is 1.31 bits per heavy atom. The zero-order valence-electron chi connectivity index (χ0n) is 8.89. The standard InChI is InChI=1S/C11H14N2O2S/c12-10-3-1-2-9(8-10)11(14)13-4-6-16(15)7-5-13/h1-3,8H,4-7,12H2. The molecule has 0 unspecified atom stereocenters. The summed E-state index contributed by atoms with van der Waals surface area (Å²) in [6, 6.07) is 6.95. The summed E-state index contributed by atoms with van der Waals surface area (Å²) >= 11 is 0. The summed E-state index contributed by atoms with van der Waals surface area (Å²) in [4.78, 5) is 13.8. The molecule has 16 heavy (non-hydrogen) atoms. The molecule has 0 aliphatic carbocycles. The fourth-order valence-corrected chi connectivity index (χ4v) is 2.75. The normalized spacial score (nSPS) is 17.4. The van der Waals surface area contributed by atoms with Crippen molar-refractivity contribution in [2.75, 3.05) is 30.3 Å². The number of hydrogen-bond acceptors (Lipinski definition) is 3. The number of nitrogens with two attached hydrogens (primary N) is 1. The molecule has 1 aliphatic heterocycles. The molecule has 0 aromatic heterocycles. The van der Waals surface area contributed by atoms with Crippen LogP contribution in [0.3, 0.4) is 0 Å². The number of benzene rings is 1. The van der Waals surface area contributed by atoms with E-state index in [1.807, 2.05) is 0 Å². The molecule has 0 saturated carbocycles. The van der Waals surface area contributed by atoms with Crippen LogP contribution in [0.25, 0.3) is 0 Å². The van der Waals surface area contributed by atoms with Crippen LogP contribution in [0, 0.1) is 0 Å². The second kappa shape index (κ2) is 4.65. The number of amides is 1. The van der Waals surface area contributed by atoms with Gasteiger partial charge < -0.3 is 10.6 Å². The van der Waals surface area contributed by atoms with Crippen molar-refractivity contribution >= 4 is 22.4 Å². The Morgan fingerprint density at radius 2 is 2.00 bits per heavy atom. The van der Waals surface area contributed by atoms with Gasteiger partial charge >= 0.3 is 0 Å². The molecule has 1 heterocycles. The van der Waals surface area contributed by atoms with E-state index in [1.54, 1.807) is 29.2 Å². The first kappa shape index (κ1) is 11.1. The molecule has 2 rings (SSSR count). The van der Waals surface area contributed by atoms with Crippen LogP contribution in [0.15, 0.2) is 24.3 Å². The van der Waals surface area contributed by atoms with E-state index >= 15 is 0 Å². The third-order valence-electron chi connectivity index (χ3n) is 2.60. The highest BCUT2D eigenvalue weighted by atomic mass is 32.2. The SMILES string of the molecule is Nc1cccc(C(=O)N2CCS(=O)CC2)c1. The highest BCUT2D eigenvalue weighted by Crippen LogP contribution is 2.11. The average Bonchev–Trinajstić information content (AvgIpc) is 2.29. The molecule has 1 amide bonds. The molecule has 1 fully saturated rings. The van der Waals surface area contributed by atoms with E-state index in [-0.39, 0.29) is 5.91 Å². The Kier molecular flexibility index (Phi) is 3.24. The number of anilines is 1. The van der Waals surface area contributed by atoms with Crippen molar-refractivity contribution in [3.05, 3.63) is 29.8 Å². The lowest BCUT2D eigenvalue weighted by atomic mass is 10.2. The largest absolute Gasteiger partial charge is 0.399 e. The number of nitrogens with zero attached hydrogens (tertiary/aromatic N) is 1. The zero-order chi connectivity index (χ0) is 11.5. The summed E-state index contributed by atoms with van der Waals surface area (Å²) in [7, 11) is -0.757. The fraction of sp³-hybridized carbons (Fsp3) is 0.364. The number of carbonyl (C=O) groups excluding carboxylic acids is 1. The quantitative estimate of drug-likeness (QED) is 0.723. The fourth-order valence-electron chi connectivity index (χ4n) is 1.70. The van der Waals surface area contributed by atoms with E-state index in [0.29, 0.717) is 35.8 Å². The Labute approximate surface area is 96.9 Å². The van der Waals surface area contributed by atoms with E-state index in [4.69, 9.17) is 5.73 Å². The van der Waals surface area contributed by atoms with Crippen LogP contribution >= 0.6 is 0 Å². The van der Waals surface area contributed by atoms with Crippen molar-refractivity contribution in [2.24, 2.45) is 0 Å². The summed E-state index contributed by atoms with van der Waals surface area (Å²) in [6.45, 7) is 1.14. The second-order valence-corrected chi connectivity index (χ2v) is 5.46. The van der Waals surface area contributed by atoms with Gasteiger partial charge in [-0.25, -0.2) is 0 Å². The van der Waals surface area contributed by atoms with E-state index in [1.165, 1.54) is 0 Å². The van der Waals surface area contributed by atoms with E-state index < -0.39 is 10.8 Å². The Morgan fingerprint density at radius 3 is 2.62 bits per heavy atom. The maximum absolute atomic E-state index is 12.0. The molecule has 0 spiro atoms. The van der Waals surface area contributed by atoms with Crippen molar-refractivity contribution < 1.29 is 9.00 Å². The third-order valence-corrected chi connectivity index (χ3v) is 3.87. The van der Waals surface area contributed by atoms with E-state index in [2.05, 4.69) is 0 Å². The maximum atomic E-state index is 12.0. The first-order valence-corrected chi connectivity index (χ1v) is 6.65. The molecular formula is C11H14N2O2S. The van der Waals surface area contributed by atoms with Gasteiger partial charge in [-0.2, -0.15) is 0 Å². The second-order valence-electron chi connectivity index (χ2n) is 3.77. The van der Waals surface area contributed by atoms with Gasteiger partial charge in [-0.15, -0.1) is 0 Å². The van der Waals surface area contributed by atoms with Crippen LogP contribution in [0.5, 0.6) is 0 Å². The molecule has 86 valence electrons. The molecule has 5 heteroatoms. The van der Waals surface area contributed by atoms with Crippen LogP contribution in [0.2, 0.25) is 0 Å². The molecule has 1 aromatic carbocycles. The summed E-state index contributed by atoms with van der Waals surface area (Å²) in [5.74, 6) is 1.13. The number of rotatable bonds is 1. The minimum atomic E-state index is -0.757. The lowest BCUT2D eigenvalue weighted by molar-refractivity contribution is 0.0771. The molecule has 2 N–H and O–H groups in total. The van der Waals surface area contributed by atoms with Crippen LogP contribution in [0.4, 0.5) is 5.69 Å². The first-order chi connectivity index (χ1) is 7.66. The van der Waals surface area contributed by atoms with Gasteiger partial charge in [-0.1, -0.05) is 6.07 Å². The van der Waals surface area contributed by atoms with Gasteiger partial charge in [-0.05, 0) is 18.2 Å². The molecule has 1 saturated heterocycles. The van der Waals surface area contributed by atoms with Crippen molar-refractivity contribution in [2.45, 2.75) is 0 Å². The average molecular weight is 238 g/mol. The number of hydrogen-bond donors (Lipinski definition) is 1. The molecule has 1 aromatic rings. The summed E-state index contributed by atoms with van der Waals surface area (Å²) in [5, 5.41) is 0. The third kappa shape index (κ3) is 2.41. The predicted octanol–water partition coefficient (Wildman–Crippen LogP) is 0.473. The lowest BCUT2D eigenvalue weighted by Crippen LogP contribution is -2.41. The van der Waals surface area contributed by atoms with Gasteiger partial charge in [0.25, 0.3) is 5.91 Å². The van der Waals surface area contributed by atoms with Crippen molar-refractivity contribution in [1.29, 1.82) is 0 Å². The van der Waals surface area contributed by atoms with E-state index in [9.17, 15) is 9.00 Å². The smallest absolute Gasteiger partial charge is 0.253 e. The minimum Gasteiger partial charge on any atom is -0.399 e. The van der Waals surface area contributed by atoms with Gasteiger partial charge in [0.1, 0.15) is 0 Å². The molecule has 0 radical (unpaired) electrons. The monoisotopic (exact) mass is 238 g/mol. The number of nitrogen functional groups attached to an aromatic ring is 1. The van der Waals surface area contributed by atoms with Gasteiger partial charge in [-0.3, -0.25) is 9.00 Å². The van der Waals surface area contributed by atoms with Crippen LogP contribution in [-0.2, 0) is 10.8 Å². The highest BCUT2D eigenvalue weighted by molar-refractivity contribution is 7.85. The van der Waals surface area contributed by atoms with Crippen LogP contribution < -0.4 is 5.73 Å². The zero-order valence-corrected chi connectivity index (χ0v) is 9.70. The molecular weight excluding hydrogens is 224 g/mol. The minimum absolute atomic E-state index is 0.0241. The van der Waals surface area contributed by atoms with Crippen molar-refractivity contribution in [3.63, 3.8) is 0 Å². The topological polar surface area (TPSA) is 63.4 Å². The number of carbonyl (C=O) groups is 1. The molecule has 4 nitrogen and oxygen atoms in total. The first-order valence-electron chi connectivity index (χ1n) is 5.16. The molecule has 0 bridgehead atoms. The summed E-state index contributed by atoms with van der Waals surface area (Å²) in [5.41, 5.74) is 6.82. The van der Waals surface area contributed by atoms with Crippen molar-refractivity contribution in [3.8, 4) is 0 Å². The van der Waals surface area contributed by atoms with Gasteiger partial charge in [0.2, 0.25) is 0 Å². The van der Waals surface area contributed by atoms with Crippen molar-refractivity contribution in [1.82, 2.24) is 4.90 Å². The van der Waals surface area contributed by atoms with Gasteiger partial charge in [0.05, 0.1) is 0 Å². The summed E-state index contributed by atoms with van der Waals surface area (Å²) < 4.78 is 11.2. The Hall–Kier alpha value is -1.36. The highest BCUT2D eigenvalue weighted by Gasteiger charge is 2.20. The predicted molar refractivity (Wildman–Crippen MR) is 64.6 cm³/mol. The van der Waals surface area contributed by atoms with Gasteiger partial charge in [0.15, 0.2) is 0 Å². The molecule has 0 atom stereocenters. The van der Waals surface area contributed by atoms with Crippen LogP contribution in [-0.4, -0.2) is 39.6 Å². The van der Waals surface area contributed by atoms with E-state index in [0.717, 1.165) is 0 Å². The Bertz CT molecular complexity index is 424. The lowest BCUT2D eigenvalue weighted by Gasteiger charge is -2.26.